The molecule has 0 bridgehead atoms. The summed E-state index contributed by atoms with van der Waals surface area (Å²) in [4.78, 5) is 0. The Morgan fingerprint density at radius 2 is 1.44 bits per heavy atom. The first-order valence-corrected chi connectivity index (χ1v) is 13.7. The molecule has 0 aliphatic heterocycles. The number of aliphatic hydroxyl groups is 2. The molecule has 0 spiro atoms. The molecule has 0 amide bonds. The number of rotatable bonds is 1. The van der Waals surface area contributed by atoms with Crippen LogP contribution in [0.15, 0.2) is 12.2 Å². The third-order valence-corrected chi connectivity index (χ3v) is 13.6. The normalized spacial score (nSPS) is 58.8. The minimum absolute atomic E-state index is 0.0894. The molecule has 2 N–H and O–H groups in total. The predicted octanol–water partition coefficient (Wildman–Crippen LogP) is 7.00. The van der Waals surface area contributed by atoms with Crippen LogP contribution in [0.2, 0.25) is 0 Å². The van der Waals surface area contributed by atoms with Gasteiger partial charge < -0.3 is 10.2 Å². The van der Waals surface area contributed by atoms with Gasteiger partial charge in [0, 0.05) is 11.8 Å². The van der Waals surface area contributed by atoms with Gasteiger partial charge in [-0.05, 0) is 110 Å². The molecule has 182 valence electrons. The third-order valence-electron chi connectivity index (χ3n) is 13.6. The maximum Gasteiger partial charge on any atom is 0.0624 e. The number of hydrogen-bond donors (Lipinski definition) is 2. The fourth-order valence-electron chi connectivity index (χ4n) is 11.4. The van der Waals surface area contributed by atoms with Crippen molar-refractivity contribution < 1.29 is 10.2 Å². The number of allylic oxidation sites excluding steroid dienone is 1. The van der Waals surface area contributed by atoms with E-state index in [0.717, 1.165) is 18.3 Å². The number of hydrogen-bond acceptors (Lipinski definition) is 2. The van der Waals surface area contributed by atoms with Crippen molar-refractivity contribution >= 4 is 0 Å². The van der Waals surface area contributed by atoms with Crippen molar-refractivity contribution in [1.29, 1.82) is 0 Å². The Morgan fingerprint density at radius 3 is 2.09 bits per heavy atom. The number of aliphatic hydroxyl groups excluding tert-OH is 2. The molecule has 0 aromatic rings. The van der Waals surface area contributed by atoms with Crippen LogP contribution in [0.25, 0.3) is 0 Å². The van der Waals surface area contributed by atoms with Crippen LogP contribution < -0.4 is 0 Å². The second-order valence-electron chi connectivity index (χ2n) is 14.8. The molecule has 2 heteroatoms. The van der Waals surface area contributed by atoms with E-state index in [0.29, 0.717) is 35.0 Å². The Bertz CT molecular complexity index is 801. The Balaban J connectivity index is 1.57. The van der Waals surface area contributed by atoms with E-state index in [-0.39, 0.29) is 22.3 Å². The van der Waals surface area contributed by atoms with E-state index in [9.17, 15) is 10.2 Å². The van der Waals surface area contributed by atoms with E-state index in [1.807, 2.05) is 0 Å². The Kier molecular flexibility index (Phi) is 5.02. The fraction of sp³-hybridized carbons (Fsp3) is 0.933. The highest BCUT2D eigenvalue weighted by atomic mass is 16.3. The molecule has 0 unspecified atom stereocenters. The fourth-order valence-corrected chi connectivity index (χ4v) is 11.4. The second-order valence-corrected chi connectivity index (χ2v) is 14.8. The van der Waals surface area contributed by atoms with Crippen molar-refractivity contribution in [2.24, 2.45) is 56.7 Å². The molecule has 5 aliphatic rings. The van der Waals surface area contributed by atoms with Gasteiger partial charge in [-0.25, -0.2) is 0 Å². The minimum atomic E-state index is -0.392. The maximum atomic E-state index is 11.5. The monoisotopic (exact) mass is 442 g/mol. The SMILES string of the molecule is C=C(C)[C@@H]1CC[C@]2(C)CC[C@]3(C)[C@H](CC[C@@H]4[C@@]5(C)[C@H](O)C[C@H](O)C(C)(C)[C@@H]5CC[C@]43C)[C@@H]12. The highest BCUT2D eigenvalue weighted by Gasteiger charge is 2.71. The molecule has 0 radical (unpaired) electrons. The highest BCUT2D eigenvalue weighted by molar-refractivity contribution is 5.22. The van der Waals surface area contributed by atoms with Crippen LogP contribution in [0.3, 0.4) is 0 Å². The van der Waals surface area contributed by atoms with Crippen molar-refractivity contribution in [3.63, 3.8) is 0 Å². The standard InChI is InChI=1S/C30H50O2/c1-18(2)19-11-13-27(5)15-16-28(6)20(25(19)27)9-10-22-29(28,7)14-12-21-26(3,4)23(31)17-24(32)30(21,22)8/h19-25,31-32H,1,9-17H2,2-8H3/t19-,20+,21-,22-,23-,24+,25+,27+,28+,29+,30-/m0/s1. The lowest BCUT2D eigenvalue weighted by atomic mass is 9.32. The Morgan fingerprint density at radius 1 is 0.750 bits per heavy atom. The summed E-state index contributed by atoms with van der Waals surface area (Å²) in [5.74, 6) is 3.22. The van der Waals surface area contributed by atoms with Crippen molar-refractivity contribution in [2.45, 2.75) is 118 Å². The molecule has 0 aromatic carbocycles. The quantitative estimate of drug-likeness (QED) is 0.429. The summed E-state index contributed by atoms with van der Waals surface area (Å²) in [6, 6.07) is 0. The minimum Gasteiger partial charge on any atom is -0.392 e. The Hall–Kier alpha value is -0.340. The maximum absolute atomic E-state index is 11.5. The summed E-state index contributed by atoms with van der Waals surface area (Å²) in [5, 5.41) is 22.4. The van der Waals surface area contributed by atoms with Crippen LogP contribution in [0.4, 0.5) is 0 Å². The van der Waals surface area contributed by atoms with Gasteiger partial charge in [-0.3, -0.25) is 0 Å². The molecule has 0 saturated heterocycles. The van der Waals surface area contributed by atoms with Crippen LogP contribution in [0.5, 0.6) is 0 Å². The van der Waals surface area contributed by atoms with E-state index in [2.05, 4.69) is 55.0 Å². The molecule has 11 atom stereocenters. The summed E-state index contributed by atoms with van der Waals surface area (Å²) >= 11 is 0. The van der Waals surface area contributed by atoms with Gasteiger partial charge in [-0.15, -0.1) is 0 Å². The summed E-state index contributed by atoms with van der Waals surface area (Å²) in [5.41, 5.74) is 2.32. The van der Waals surface area contributed by atoms with Crippen LogP contribution in [0.1, 0.15) is 106 Å². The van der Waals surface area contributed by atoms with Crippen LogP contribution in [-0.4, -0.2) is 22.4 Å². The summed E-state index contributed by atoms with van der Waals surface area (Å²) < 4.78 is 0. The van der Waals surface area contributed by atoms with Crippen LogP contribution in [0, 0.1) is 56.7 Å². The van der Waals surface area contributed by atoms with Gasteiger partial charge in [-0.2, -0.15) is 0 Å². The number of fused-ring (bicyclic) bond motifs is 7. The second kappa shape index (κ2) is 6.87. The van der Waals surface area contributed by atoms with E-state index in [1.54, 1.807) is 0 Å². The van der Waals surface area contributed by atoms with E-state index in [4.69, 9.17) is 0 Å². The van der Waals surface area contributed by atoms with Gasteiger partial charge in [0.05, 0.1) is 12.2 Å². The van der Waals surface area contributed by atoms with Gasteiger partial charge in [0.25, 0.3) is 0 Å². The largest absolute Gasteiger partial charge is 0.392 e. The molecule has 0 aromatic heterocycles. The van der Waals surface area contributed by atoms with E-state index >= 15 is 0 Å². The lowest BCUT2D eigenvalue weighted by molar-refractivity contribution is -0.273. The van der Waals surface area contributed by atoms with Crippen LogP contribution >= 0.6 is 0 Å². The van der Waals surface area contributed by atoms with Crippen molar-refractivity contribution in [1.82, 2.24) is 0 Å². The predicted molar refractivity (Wildman–Crippen MR) is 132 cm³/mol. The zero-order valence-electron chi connectivity index (χ0n) is 22.0. The van der Waals surface area contributed by atoms with Gasteiger partial charge in [0.2, 0.25) is 0 Å². The van der Waals surface area contributed by atoms with Crippen molar-refractivity contribution in [2.75, 3.05) is 0 Å². The lowest BCUT2D eigenvalue weighted by Gasteiger charge is -2.73. The molecular formula is C30H50O2. The molecule has 32 heavy (non-hydrogen) atoms. The highest BCUT2D eigenvalue weighted by Crippen LogP contribution is 2.77. The molecule has 5 rings (SSSR count). The molecule has 5 aliphatic carbocycles. The van der Waals surface area contributed by atoms with E-state index < -0.39 is 6.10 Å². The molecule has 5 fully saturated rings. The first-order valence-electron chi connectivity index (χ1n) is 13.7. The summed E-state index contributed by atoms with van der Waals surface area (Å²) in [7, 11) is 0. The molecule has 2 nitrogen and oxygen atoms in total. The summed E-state index contributed by atoms with van der Waals surface area (Å²) in [6.07, 6.45) is 10.2. The first-order chi connectivity index (χ1) is 14.7. The van der Waals surface area contributed by atoms with Crippen molar-refractivity contribution in [3.05, 3.63) is 12.2 Å². The van der Waals surface area contributed by atoms with Gasteiger partial charge in [0.15, 0.2) is 0 Å². The average Bonchev–Trinajstić information content (AvgIpc) is 3.05. The zero-order valence-corrected chi connectivity index (χ0v) is 22.0. The summed E-state index contributed by atoms with van der Waals surface area (Å²) in [6.45, 7) is 21.6. The van der Waals surface area contributed by atoms with Gasteiger partial charge >= 0.3 is 0 Å². The lowest BCUT2D eigenvalue weighted by Crippen LogP contribution is -2.69. The zero-order chi connectivity index (χ0) is 23.5. The van der Waals surface area contributed by atoms with Crippen LogP contribution in [-0.2, 0) is 0 Å². The Labute approximate surface area is 197 Å². The average molecular weight is 443 g/mol. The first kappa shape index (κ1) is 23.4. The topological polar surface area (TPSA) is 40.5 Å². The third kappa shape index (κ3) is 2.61. The molecular weight excluding hydrogens is 392 g/mol. The van der Waals surface area contributed by atoms with E-state index in [1.165, 1.54) is 50.5 Å². The van der Waals surface area contributed by atoms with Gasteiger partial charge in [0.1, 0.15) is 0 Å². The smallest absolute Gasteiger partial charge is 0.0624 e. The van der Waals surface area contributed by atoms with Crippen molar-refractivity contribution in [3.8, 4) is 0 Å². The van der Waals surface area contributed by atoms with Gasteiger partial charge in [-0.1, -0.05) is 53.7 Å². The molecule has 5 saturated carbocycles. The molecule has 0 heterocycles.